The molecule has 20 heavy (non-hydrogen) atoms. The van der Waals surface area contributed by atoms with Crippen molar-refractivity contribution >= 4 is 35.1 Å². The van der Waals surface area contributed by atoms with Crippen LogP contribution in [0, 0.1) is 0 Å². The van der Waals surface area contributed by atoms with Gasteiger partial charge in [0.25, 0.3) is 0 Å². The Kier molecular flexibility index (Phi) is 4.32. The van der Waals surface area contributed by atoms with E-state index in [1.54, 1.807) is 24.3 Å². The second-order valence-electron chi connectivity index (χ2n) is 4.07. The Morgan fingerprint density at radius 1 is 1.00 bits per heavy atom. The van der Waals surface area contributed by atoms with Crippen LogP contribution in [0.15, 0.2) is 42.5 Å². The summed E-state index contributed by atoms with van der Waals surface area (Å²) in [6.07, 6.45) is 2.88. The SMILES string of the molecule is O=C(/C=C/c1ccc(Cl)c(Cl)c1)c1ccc(O)cc1O. The van der Waals surface area contributed by atoms with E-state index in [4.69, 9.17) is 28.3 Å². The Bertz CT molecular complexity index is 694. The van der Waals surface area contributed by atoms with Crippen molar-refractivity contribution in [3.05, 3.63) is 63.6 Å². The summed E-state index contributed by atoms with van der Waals surface area (Å²) in [5, 5.41) is 19.6. The number of aromatic hydroxyl groups is 2. The summed E-state index contributed by atoms with van der Waals surface area (Å²) in [4.78, 5) is 11.9. The van der Waals surface area contributed by atoms with Gasteiger partial charge in [-0.25, -0.2) is 0 Å². The molecule has 2 N–H and O–H groups in total. The summed E-state index contributed by atoms with van der Waals surface area (Å²) in [5.41, 5.74) is 0.824. The predicted octanol–water partition coefficient (Wildman–Crippen LogP) is 4.30. The van der Waals surface area contributed by atoms with Crippen molar-refractivity contribution in [1.29, 1.82) is 0 Å². The van der Waals surface area contributed by atoms with Crippen LogP contribution in [-0.2, 0) is 0 Å². The maximum absolute atomic E-state index is 11.9. The molecular weight excluding hydrogens is 299 g/mol. The molecule has 2 aromatic rings. The molecule has 102 valence electrons. The van der Waals surface area contributed by atoms with E-state index in [1.165, 1.54) is 18.2 Å². The van der Waals surface area contributed by atoms with Crippen LogP contribution in [-0.4, -0.2) is 16.0 Å². The standard InChI is InChI=1S/C15H10Cl2O3/c16-12-5-1-9(7-13(12)17)2-6-14(19)11-4-3-10(18)8-15(11)20/h1-8,18,20H/b6-2+. The molecule has 0 heterocycles. The molecule has 5 heteroatoms. The minimum Gasteiger partial charge on any atom is -0.508 e. The monoisotopic (exact) mass is 308 g/mol. The fraction of sp³-hybridized carbons (Fsp3) is 0. The molecule has 0 aromatic heterocycles. The van der Waals surface area contributed by atoms with Crippen molar-refractivity contribution in [2.45, 2.75) is 0 Å². The Balaban J connectivity index is 2.22. The summed E-state index contributed by atoms with van der Waals surface area (Å²) in [7, 11) is 0. The average Bonchev–Trinajstić information content (AvgIpc) is 2.40. The molecule has 2 aromatic carbocycles. The molecule has 3 nitrogen and oxygen atoms in total. The van der Waals surface area contributed by atoms with Crippen molar-refractivity contribution < 1.29 is 15.0 Å². The Hall–Kier alpha value is -1.97. The number of rotatable bonds is 3. The third kappa shape index (κ3) is 3.32. The van der Waals surface area contributed by atoms with E-state index >= 15 is 0 Å². The molecule has 0 aliphatic carbocycles. The fourth-order valence-electron chi connectivity index (χ4n) is 1.61. The van der Waals surface area contributed by atoms with E-state index in [0.29, 0.717) is 15.6 Å². The van der Waals surface area contributed by atoms with Crippen molar-refractivity contribution in [3.8, 4) is 11.5 Å². The lowest BCUT2D eigenvalue weighted by atomic mass is 10.1. The topological polar surface area (TPSA) is 57.5 Å². The highest BCUT2D eigenvalue weighted by Gasteiger charge is 2.08. The number of benzene rings is 2. The molecule has 0 saturated heterocycles. The van der Waals surface area contributed by atoms with Crippen molar-refractivity contribution in [1.82, 2.24) is 0 Å². The zero-order valence-electron chi connectivity index (χ0n) is 10.2. The van der Waals surface area contributed by atoms with E-state index in [-0.39, 0.29) is 22.8 Å². The number of carbonyl (C=O) groups is 1. The lowest BCUT2D eigenvalue weighted by Crippen LogP contribution is -1.94. The number of ketones is 1. The molecule has 0 saturated carbocycles. The first-order chi connectivity index (χ1) is 9.47. The highest BCUT2D eigenvalue weighted by Crippen LogP contribution is 2.25. The molecular formula is C15H10Cl2O3. The predicted molar refractivity (Wildman–Crippen MR) is 79.6 cm³/mol. The molecule has 0 unspecified atom stereocenters. The van der Waals surface area contributed by atoms with Crippen LogP contribution in [0.25, 0.3) is 6.08 Å². The van der Waals surface area contributed by atoms with E-state index in [9.17, 15) is 9.90 Å². The molecule has 0 aliphatic heterocycles. The number of allylic oxidation sites excluding steroid dienone is 1. The van der Waals surface area contributed by atoms with Crippen LogP contribution >= 0.6 is 23.2 Å². The van der Waals surface area contributed by atoms with Crippen LogP contribution in [0.5, 0.6) is 11.5 Å². The van der Waals surface area contributed by atoms with Crippen molar-refractivity contribution in [2.75, 3.05) is 0 Å². The smallest absolute Gasteiger partial charge is 0.189 e. The third-order valence-corrected chi connectivity index (χ3v) is 3.36. The van der Waals surface area contributed by atoms with Gasteiger partial charge in [0.1, 0.15) is 11.5 Å². The van der Waals surface area contributed by atoms with Gasteiger partial charge in [-0.1, -0.05) is 35.3 Å². The van der Waals surface area contributed by atoms with E-state index in [1.807, 2.05) is 0 Å². The van der Waals surface area contributed by atoms with Gasteiger partial charge in [-0.2, -0.15) is 0 Å². The average molecular weight is 309 g/mol. The van der Waals surface area contributed by atoms with Gasteiger partial charge in [0, 0.05) is 6.07 Å². The van der Waals surface area contributed by atoms with E-state index in [2.05, 4.69) is 0 Å². The molecule has 0 aliphatic rings. The van der Waals surface area contributed by atoms with Crippen LogP contribution in [0.4, 0.5) is 0 Å². The zero-order valence-corrected chi connectivity index (χ0v) is 11.7. The van der Waals surface area contributed by atoms with Gasteiger partial charge in [-0.15, -0.1) is 0 Å². The normalized spacial score (nSPS) is 10.9. The minimum atomic E-state index is -0.381. The number of hydrogen-bond acceptors (Lipinski definition) is 3. The minimum absolute atomic E-state index is 0.104. The first kappa shape index (κ1) is 14.4. The van der Waals surface area contributed by atoms with Gasteiger partial charge in [0.2, 0.25) is 0 Å². The molecule has 0 fully saturated rings. The summed E-state index contributed by atoms with van der Waals surface area (Å²) < 4.78 is 0. The maximum atomic E-state index is 11.9. The molecule has 0 atom stereocenters. The van der Waals surface area contributed by atoms with Crippen LogP contribution < -0.4 is 0 Å². The summed E-state index contributed by atoms with van der Waals surface area (Å²) in [5.74, 6) is -0.755. The van der Waals surface area contributed by atoms with E-state index < -0.39 is 0 Å². The Morgan fingerprint density at radius 3 is 2.40 bits per heavy atom. The highest BCUT2D eigenvalue weighted by molar-refractivity contribution is 6.42. The van der Waals surface area contributed by atoms with Crippen molar-refractivity contribution in [2.24, 2.45) is 0 Å². The summed E-state index contributed by atoms with van der Waals surface area (Å²) in [6, 6.07) is 8.78. The lowest BCUT2D eigenvalue weighted by molar-refractivity contribution is 0.104. The largest absolute Gasteiger partial charge is 0.508 e. The number of hydrogen-bond donors (Lipinski definition) is 2. The number of phenols is 2. The molecule has 0 amide bonds. The first-order valence-corrected chi connectivity index (χ1v) is 6.42. The number of halogens is 2. The quantitative estimate of drug-likeness (QED) is 0.656. The lowest BCUT2D eigenvalue weighted by Gasteiger charge is -2.01. The van der Waals surface area contributed by atoms with Crippen LogP contribution in [0.3, 0.4) is 0 Å². The van der Waals surface area contributed by atoms with Gasteiger partial charge < -0.3 is 10.2 Å². The number of phenolic OH excluding ortho intramolecular Hbond substituents is 2. The Labute approximate surface area is 125 Å². The van der Waals surface area contributed by atoms with Gasteiger partial charge in [-0.05, 0) is 35.9 Å². The fourth-order valence-corrected chi connectivity index (χ4v) is 1.91. The van der Waals surface area contributed by atoms with Gasteiger partial charge in [0.15, 0.2) is 5.78 Å². The van der Waals surface area contributed by atoms with Gasteiger partial charge in [0.05, 0.1) is 15.6 Å². The molecule has 0 bridgehead atoms. The molecule has 2 rings (SSSR count). The van der Waals surface area contributed by atoms with Crippen LogP contribution in [0.2, 0.25) is 10.0 Å². The second-order valence-corrected chi connectivity index (χ2v) is 4.89. The first-order valence-electron chi connectivity index (χ1n) is 5.67. The van der Waals surface area contributed by atoms with E-state index in [0.717, 1.165) is 6.07 Å². The number of carbonyl (C=O) groups excluding carboxylic acids is 1. The van der Waals surface area contributed by atoms with Gasteiger partial charge in [-0.3, -0.25) is 4.79 Å². The molecule has 0 spiro atoms. The second kappa shape index (κ2) is 5.99. The van der Waals surface area contributed by atoms with Gasteiger partial charge >= 0.3 is 0 Å². The summed E-state index contributed by atoms with van der Waals surface area (Å²) >= 11 is 11.7. The third-order valence-electron chi connectivity index (χ3n) is 2.62. The zero-order chi connectivity index (χ0) is 14.7. The van der Waals surface area contributed by atoms with Crippen molar-refractivity contribution in [3.63, 3.8) is 0 Å². The Morgan fingerprint density at radius 2 is 1.75 bits per heavy atom. The summed E-state index contributed by atoms with van der Waals surface area (Å²) in [6.45, 7) is 0. The van der Waals surface area contributed by atoms with Crippen LogP contribution in [0.1, 0.15) is 15.9 Å². The highest BCUT2D eigenvalue weighted by atomic mass is 35.5. The maximum Gasteiger partial charge on any atom is 0.189 e. The molecule has 0 radical (unpaired) electrons.